The standard InChI is InChI=1S/C30H37NO12/c1-31(35)19-14-18(42-30(34)17-12-23(38-4)29(41-7)24(13-17)39-5)15-20(31)27(26(19)33)43-25(32)9-8-16-10-21(36-2)28(40-6)22(11-16)37-3/h8-13,18-20,26-27,33H,14-15H2,1-7H3. The summed E-state index contributed by atoms with van der Waals surface area (Å²) in [6.07, 6.45) is -0.206. The highest BCUT2D eigenvalue weighted by Crippen LogP contribution is 2.44. The zero-order chi connectivity index (χ0) is 31.5. The number of carbonyl (C=O) groups is 2. The lowest BCUT2D eigenvalue weighted by atomic mass is 9.99. The Bertz CT molecular complexity index is 1320. The molecule has 2 aliphatic heterocycles. The van der Waals surface area contributed by atoms with Crippen LogP contribution in [0, 0.1) is 5.21 Å². The van der Waals surface area contributed by atoms with Crippen molar-refractivity contribution in [1.82, 2.24) is 0 Å². The van der Waals surface area contributed by atoms with Crippen LogP contribution in [0.1, 0.15) is 28.8 Å². The van der Waals surface area contributed by atoms with Crippen LogP contribution in [-0.2, 0) is 14.3 Å². The fourth-order valence-electron chi connectivity index (χ4n) is 5.81. The number of hydrogen-bond donors (Lipinski definition) is 1. The maximum absolute atomic E-state index is 13.5. The molecule has 2 saturated heterocycles. The van der Waals surface area contributed by atoms with Crippen LogP contribution in [0.2, 0.25) is 0 Å². The molecule has 2 aliphatic rings. The van der Waals surface area contributed by atoms with Gasteiger partial charge in [0.15, 0.2) is 29.1 Å². The molecule has 43 heavy (non-hydrogen) atoms. The fraction of sp³-hybridized carbons (Fsp3) is 0.467. The van der Waals surface area contributed by atoms with Gasteiger partial charge >= 0.3 is 11.9 Å². The Morgan fingerprint density at radius 3 is 1.77 bits per heavy atom. The molecule has 6 unspecified atom stereocenters. The predicted molar refractivity (Wildman–Crippen MR) is 153 cm³/mol. The van der Waals surface area contributed by atoms with Gasteiger partial charge in [-0.3, -0.25) is 0 Å². The third kappa shape index (κ3) is 6.14. The number of rotatable bonds is 11. The molecule has 0 amide bonds. The number of likely N-dealkylation sites (N-methyl/N-ethyl adjacent to an activating group) is 1. The molecule has 2 bridgehead atoms. The molecule has 13 nitrogen and oxygen atoms in total. The monoisotopic (exact) mass is 603 g/mol. The molecule has 0 radical (unpaired) electrons. The van der Waals surface area contributed by atoms with E-state index in [2.05, 4.69) is 0 Å². The van der Waals surface area contributed by atoms with Crippen LogP contribution in [0.15, 0.2) is 30.3 Å². The van der Waals surface area contributed by atoms with Crippen molar-refractivity contribution >= 4 is 18.0 Å². The first-order chi connectivity index (χ1) is 20.5. The molecule has 6 atom stereocenters. The molecule has 13 heteroatoms. The van der Waals surface area contributed by atoms with Crippen LogP contribution in [0.5, 0.6) is 34.5 Å². The van der Waals surface area contributed by atoms with Crippen molar-refractivity contribution in [2.24, 2.45) is 0 Å². The maximum atomic E-state index is 13.5. The van der Waals surface area contributed by atoms with Gasteiger partial charge in [-0.1, -0.05) is 0 Å². The summed E-state index contributed by atoms with van der Waals surface area (Å²) in [4.78, 5) is 25.9. The van der Waals surface area contributed by atoms with Gasteiger partial charge in [0, 0.05) is 18.9 Å². The van der Waals surface area contributed by atoms with Gasteiger partial charge in [-0.15, -0.1) is 0 Å². The Morgan fingerprint density at radius 1 is 0.791 bits per heavy atom. The molecule has 2 aromatic rings. The molecular weight excluding hydrogens is 566 g/mol. The summed E-state index contributed by atoms with van der Waals surface area (Å²) >= 11 is 0. The van der Waals surface area contributed by atoms with Crippen molar-refractivity contribution in [2.45, 2.75) is 43.2 Å². The van der Waals surface area contributed by atoms with Crippen LogP contribution in [0.3, 0.4) is 0 Å². The normalized spacial score (nSPS) is 26.0. The number of hydrogen-bond acceptors (Lipinski definition) is 12. The Labute approximate surface area is 249 Å². The molecule has 0 aromatic heterocycles. The summed E-state index contributed by atoms with van der Waals surface area (Å²) in [6, 6.07) is 4.52. The predicted octanol–water partition coefficient (Wildman–Crippen LogP) is 2.74. The number of quaternary nitrogens is 1. The largest absolute Gasteiger partial charge is 0.632 e. The molecule has 0 aliphatic carbocycles. The van der Waals surface area contributed by atoms with Gasteiger partial charge in [0.2, 0.25) is 11.5 Å². The lowest BCUT2D eigenvalue weighted by Gasteiger charge is -2.49. The number of methoxy groups -OCH3 is 6. The van der Waals surface area contributed by atoms with Crippen molar-refractivity contribution in [3.8, 4) is 34.5 Å². The van der Waals surface area contributed by atoms with E-state index in [9.17, 15) is 19.9 Å². The number of carbonyl (C=O) groups excluding carboxylic acids is 2. The van der Waals surface area contributed by atoms with Crippen LogP contribution in [0.4, 0.5) is 0 Å². The van der Waals surface area contributed by atoms with Gasteiger partial charge in [-0.2, -0.15) is 0 Å². The van der Waals surface area contributed by atoms with Crippen LogP contribution >= 0.6 is 0 Å². The summed E-state index contributed by atoms with van der Waals surface area (Å²) in [5, 5.41) is 24.5. The highest BCUT2D eigenvalue weighted by Gasteiger charge is 2.61. The van der Waals surface area contributed by atoms with Crippen LogP contribution in [-0.4, -0.2) is 102 Å². The second kappa shape index (κ2) is 13.0. The van der Waals surface area contributed by atoms with E-state index in [4.69, 9.17) is 37.9 Å². The van der Waals surface area contributed by atoms with Gasteiger partial charge < -0.3 is 52.9 Å². The Hall–Kier alpha value is -4.20. The molecule has 0 spiro atoms. The Balaban J connectivity index is 1.48. The lowest BCUT2D eigenvalue weighted by molar-refractivity contribution is -0.906. The molecular formula is C30H37NO12. The van der Waals surface area contributed by atoms with E-state index in [0.717, 1.165) is 0 Å². The molecule has 2 fully saturated rings. The number of benzene rings is 2. The number of nitrogens with zero attached hydrogens (tertiary/aromatic N) is 1. The average Bonchev–Trinajstić information content (AvgIpc) is 3.09. The lowest BCUT2D eigenvalue weighted by Crippen LogP contribution is -2.57. The van der Waals surface area contributed by atoms with Crippen molar-refractivity contribution in [1.29, 1.82) is 0 Å². The van der Waals surface area contributed by atoms with Gasteiger partial charge in [0.05, 0.1) is 55.3 Å². The average molecular weight is 604 g/mol. The fourth-order valence-corrected chi connectivity index (χ4v) is 5.81. The maximum Gasteiger partial charge on any atom is 0.338 e. The Morgan fingerprint density at radius 2 is 1.28 bits per heavy atom. The van der Waals surface area contributed by atoms with Crippen molar-refractivity contribution in [2.75, 3.05) is 49.7 Å². The number of ether oxygens (including phenoxy) is 8. The van der Waals surface area contributed by atoms with Gasteiger partial charge in [0.1, 0.15) is 24.3 Å². The van der Waals surface area contributed by atoms with Crippen molar-refractivity contribution < 1.29 is 57.2 Å². The molecule has 0 saturated carbocycles. The third-order valence-electron chi connectivity index (χ3n) is 7.96. The first-order valence-electron chi connectivity index (χ1n) is 13.5. The van der Waals surface area contributed by atoms with Gasteiger partial charge in [0.25, 0.3) is 0 Å². The number of fused-ring (bicyclic) bond motifs is 2. The first kappa shape index (κ1) is 31.7. The number of aliphatic hydroxyl groups excluding tert-OH is 1. The van der Waals surface area contributed by atoms with E-state index in [0.29, 0.717) is 28.6 Å². The van der Waals surface area contributed by atoms with E-state index in [1.807, 2.05) is 0 Å². The summed E-state index contributed by atoms with van der Waals surface area (Å²) in [5.41, 5.74) is 0.729. The minimum Gasteiger partial charge on any atom is -0.632 e. The van der Waals surface area contributed by atoms with E-state index in [-0.39, 0.29) is 29.9 Å². The second-order valence-electron chi connectivity index (χ2n) is 10.3. The third-order valence-corrected chi connectivity index (χ3v) is 7.96. The molecule has 2 aromatic carbocycles. The zero-order valence-electron chi connectivity index (χ0n) is 25.2. The van der Waals surface area contributed by atoms with Crippen LogP contribution in [0.25, 0.3) is 6.08 Å². The van der Waals surface area contributed by atoms with E-state index in [1.54, 1.807) is 12.1 Å². The first-order valence-corrected chi connectivity index (χ1v) is 13.5. The molecule has 2 heterocycles. The van der Waals surface area contributed by atoms with E-state index in [1.165, 1.54) is 74.0 Å². The van der Waals surface area contributed by atoms with E-state index < -0.39 is 47.0 Å². The number of esters is 2. The van der Waals surface area contributed by atoms with Crippen molar-refractivity contribution in [3.63, 3.8) is 0 Å². The van der Waals surface area contributed by atoms with Gasteiger partial charge in [-0.25, -0.2) is 9.59 Å². The van der Waals surface area contributed by atoms with Crippen molar-refractivity contribution in [3.05, 3.63) is 46.7 Å². The summed E-state index contributed by atoms with van der Waals surface area (Å²) in [6.45, 7) is 0. The minimum atomic E-state index is -1.25. The highest BCUT2D eigenvalue weighted by molar-refractivity contribution is 5.91. The topological polar surface area (TPSA) is 151 Å². The molecule has 4 rings (SSSR count). The highest BCUT2D eigenvalue weighted by atomic mass is 16.6. The minimum absolute atomic E-state index is 0.0816. The SMILES string of the molecule is COc1cc(C=CC(=O)OC2C(O)C3CC(OC(=O)c4cc(OC)c(OC)c(OC)c4)CC2[N+]3(C)[O-])cc(OC)c1OC. The Kier molecular flexibility index (Phi) is 9.58. The smallest absolute Gasteiger partial charge is 0.338 e. The summed E-state index contributed by atoms with van der Waals surface area (Å²) in [7, 11) is 10.2. The number of aliphatic hydroxyl groups is 1. The molecule has 234 valence electrons. The van der Waals surface area contributed by atoms with E-state index >= 15 is 0 Å². The quantitative estimate of drug-likeness (QED) is 0.174. The number of piperidine rings is 1. The van der Waals surface area contributed by atoms with Gasteiger partial charge in [-0.05, 0) is 35.9 Å². The van der Waals surface area contributed by atoms with Crippen LogP contribution < -0.4 is 28.4 Å². The molecule has 1 N–H and O–H groups in total. The zero-order valence-corrected chi connectivity index (χ0v) is 25.2. The number of hydroxylamine groups is 3. The summed E-state index contributed by atoms with van der Waals surface area (Å²) < 4.78 is 42.5. The summed E-state index contributed by atoms with van der Waals surface area (Å²) in [5.74, 6) is 0.676. The second-order valence-corrected chi connectivity index (χ2v) is 10.3.